The van der Waals surface area contributed by atoms with E-state index in [0.717, 1.165) is 33.5 Å². The number of rotatable bonds is 8. The van der Waals surface area contributed by atoms with Crippen molar-refractivity contribution in [1.29, 1.82) is 0 Å². The van der Waals surface area contributed by atoms with Crippen molar-refractivity contribution in [2.24, 2.45) is 11.8 Å². The average Bonchev–Trinajstić information content (AvgIpc) is 2.75. The molecule has 1 aromatic rings. The number of carbonyl (C=O) groups is 4. The molecular weight excluding hydrogens is 427 g/mol. The maximum atomic E-state index is 12.7. The summed E-state index contributed by atoms with van der Waals surface area (Å²) >= 11 is 0. The smallest absolute Gasteiger partial charge is 0.416 e. The number of ether oxygens (including phenoxy) is 3. The molecule has 0 spiro atoms. The van der Waals surface area contributed by atoms with Crippen LogP contribution in [0.4, 0.5) is 13.2 Å². The lowest BCUT2D eigenvalue weighted by atomic mass is 9.87. The molecule has 0 bridgehead atoms. The third kappa shape index (κ3) is 6.41. The second-order valence-electron chi connectivity index (χ2n) is 6.41. The highest BCUT2D eigenvalue weighted by molar-refractivity contribution is 5.96. The highest BCUT2D eigenvalue weighted by Gasteiger charge is 2.43. The average molecular weight is 449 g/mol. The Morgan fingerprint density at radius 3 is 1.74 bits per heavy atom. The van der Waals surface area contributed by atoms with Crippen LogP contribution in [0.2, 0.25) is 0 Å². The van der Waals surface area contributed by atoms with Crippen molar-refractivity contribution in [3.63, 3.8) is 0 Å². The van der Waals surface area contributed by atoms with Gasteiger partial charge in [0.05, 0.1) is 26.9 Å². The van der Waals surface area contributed by atoms with Crippen molar-refractivity contribution in [1.82, 2.24) is 5.32 Å². The molecule has 1 aromatic carbocycles. The van der Waals surface area contributed by atoms with Gasteiger partial charge in [-0.25, -0.2) is 4.79 Å². The summed E-state index contributed by atoms with van der Waals surface area (Å²) in [5.74, 6) is -7.12. The van der Waals surface area contributed by atoms with Gasteiger partial charge in [-0.2, -0.15) is 13.2 Å². The maximum Gasteiger partial charge on any atom is 0.416 e. The van der Waals surface area contributed by atoms with E-state index in [0.29, 0.717) is 12.1 Å². The molecule has 0 aliphatic carbocycles. The molecule has 12 heteroatoms. The Morgan fingerprint density at radius 2 is 1.35 bits per heavy atom. The summed E-state index contributed by atoms with van der Waals surface area (Å²) in [6.45, 7) is 1.27. The van der Waals surface area contributed by atoms with E-state index in [1.165, 1.54) is 6.92 Å². The van der Waals surface area contributed by atoms with E-state index >= 15 is 0 Å². The first-order valence-electron chi connectivity index (χ1n) is 8.78. The van der Waals surface area contributed by atoms with Crippen molar-refractivity contribution in [2.75, 3.05) is 21.3 Å². The van der Waals surface area contributed by atoms with Crippen LogP contribution in [0.1, 0.15) is 24.2 Å². The summed E-state index contributed by atoms with van der Waals surface area (Å²) in [5, 5.41) is 12.3. The van der Waals surface area contributed by atoms with Crippen molar-refractivity contribution in [2.45, 2.75) is 25.2 Å². The van der Waals surface area contributed by atoms with E-state index in [2.05, 4.69) is 19.5 Å². The number of methoxy groups -OCH3 is 3. The summed E-state index contributed by atoms with van der Waals surface area (Å²) in [4.78, 5) is 48.6. The lowest BCUT2D eigenvalue weighted by molar-refractivity contribution is -0.164. The molecule has 2 N–H and O–H groups in total. The highest BCUT2D eigenvalue weighted by atomic mass is 19.4. The molecule has 9 nitrogen and oxygen atoms in total. The zero-order valence-corrected chi connectivity index (χ0v) is 17.1. The van der Waals surface area contributed by atoms with Crippen LogP contribution in [0.25, 0.3) is 0 Å². The first-order chi connectivity index (χ1) is 14.4. The molecule has 0 heterocycles. The third-order valence-corrected chi connectivity index (χ3v) is 4.52. The Morgan fingerprint density at radius 1 is 0.903 bits per heavy atom. The van der Waals surface area contributed by atoms with E-state index in [9.17, 15) is 37.5 Å². The fraction of sp³-hybridized carbons (Fsp3) is 0.474. The zero-order valence-electron chi connectivity index (χ0n) is 17.1. The van der Waals surface area contributed by atoms with Crippen LogP contribution in [0.3, 0.4) is 0 Å². The molecule has 3 atom stereocenters. The first kappa shape index (κ1) is 25.9. The zero-order chi connectivity index (χ0) is 23.9. The van der Waals surface area contributed by atoms with Gasteiger partial charge in [0.2, 0.25) is 0 Å². The van der Waals surface area contributed by atoms with Gasteiger partial charge in [-0.1, -0.05) is 19.1 Å². The fourth-order valence-electron chi connectivity index (χ4n) is 2.74. The summed E-state index contributed by atoms with van der Waals surface area (Å²) in [6, 6.07) is 1.56. The molecular formula is C19H22F3NO8. The minimum absolute atomic E-state index is 0.181. The molecule has 0 aromatic heterocycles. The van der Waals surface area contributed by atoms with Crippen molar-refractivity contribution in [3.8, 4) is 0 Å². The van der Waals surface area contributed by atoms with E-state index in [1.807, 2.05) is 0 Å². The number of alkyl halides is 3. The van der Waals surface area contributed by atoms with Crippen molar-refractivity contribution >= 4 is 23.8 Å². The number of carbonyl (C=O) groups excluding carboxylic acids is 4. The number of esters is 3. The van der Waals surface area contributed by atoms with E-state index in [-0.39, 0.29) is 5.56 Å². The van der Waals surface area contributed by atoms with Gasteiger partial charge in [-0.05, 0) is 17.7 Å². The van der Waals surface area contributed by atoms with Gasteiger partial charge in [0.1, 0.15) is 6.04 Å². The normalized spacial score (nSPS) is 14.2. The molecule has 1 amide bonds. The Labute approximate surface area is 175 Å². The number of benzene rings is 1. The Kier molecular flexibility index (Phi) is 8.98. The first-order valence-corrected chi connectivity index (χ1v) is 8.78. The summed E-state index contributed by atoms with van der Waals surface area (Å²) in [7, 11) is 3.00. The molecule has 0 radical (unpaired) electrons. The van der Waals surface area contributed by atoms with Gasteiger partial charge in [-0.3, -0.25) is 14.4 Å². The minimum atomic E-state index is -4.60. The largest absolute Gasteiger partial charge is 0.468 e. The number of halogens is 3. The lowest BCUT2D eigenvalue weighted by Crippen LogP contribution is -2.52. The highest BCUT2D eigenvalue weighted by Crippen LogP contribution is 2.30. The molecule has 0 unspecified atom stereocenters. The van der Waals surface area contributed by atoms with E-state index in [1.54, 1.807) is 0 Å². The minimum Gasteiger partial charge on any atom is -0.468 e. The van der Waals surface area contributed by atoms with Gasteiger partial charge in [-0.15, -0.1) is 0 Å². The predicted molar refractivity (Wildman–Crippen MR) is 97.0 cm³/mol. The SMILES string of the molecule is COC(=O)C(C(=O)OC)[C@@H](C)[C@@H](NC(=O)[C@@H](O)c1ccc(C(F)(F)F)cc1)C(=O)OC. The number of amides is 1. The molecule has 0 aliphatic rings. The van der Waals surface area contributed by atoms with Gasteiger partial charge >= 0.3 is 24.1 Å². The third-order valence-electron chi connectivity index (χ3n) is 4.52. The topological polar surface area (TPSA) is 128 Å². The molecule has 0 saturated carbocycles. The molecule has 0 aliphatic heterocycles. The quantitative estimate of drug-likeness (QED) is 0.342. The second kappa shape index (κ2) is 10.8. The van der Waals surface area contributed by atoms with E-state index < -0.39 is 59.5 Å². The standard InChI is InChI=1S/C19H22F3NO8/c1-9(12(16(26)29-2)17(27)30-3)13(18(28)31-4)23-15(25)14(24)10-5-7-11(8-6-10)19(20,21)22/h5-9,12-14,24H,1-4H3,(H,23,25)/t9-,13-,14+/m1/s1. The Hall–Kier alpha value is -3.15. The van der Waals surface area contributed by atoms with Crippen LogP contribution in [-0.2, 0) is 39.6 Å². The summed E-state index contributed by atoms with van der Waals surface area (Å²) in [6.07, 6.45) is -6.55. The van der Waals surface area contributed by atoms with Crippen LogP contribution in [0, 0.1) is 11.8 Å². The predicted octanol–water partition coefficient (Wildman–Crippen LogP) is 0.995. The van der Waals surface area contributed by atoms with Crippen LogP contribution < -0.4 is 5.32 Å². The van der Waals surface area contributed by atoms with E-state index in [4.69, 9.17) is 0 Å². The van der Waals surface area contributed by atoms with Crippen LogP contribution >= 0.6 is 0 Å². The molecule has 0 fully saturated rings. The van der Waals surface area contributed by atoms with Crippen molar-refractivity contribution < 1.29 is 51.7 Å². The number of aliphatic hydroxyl groups is 1. The van der Waals surface area contributed by atoms with Gasteiger partial charge < -0.3 is 24.6 Å². The van der Waals surface area contributed by atoms with Gasteiger partial charge in [0.15, 0.2) is 12.0 Å². The van der Waals surface area contributed by atoms with Crippen LogP contribution in [0.5, 0.6) is 0 Å². The second-order valence-corrected chi connectivity index (χ2v) is 6.41. The van der Waals surface area contributed by atoms with Crippen molar-refractivity contribution in [3.05, 3.63) is 35.4 Å². The monoisotopic (exact) mass is 449 g/mol. The summed E-state index contributed by atoms with van der Waals surface area (Å²) < 4.78 is 51.6. The fourth-order valence-corrected chi connectivity index (χ4v) is 2.74. The van der Waals surface area contributed by atoms with Gasteiger partial charge in [0, 0.05) is 5.92 Å². The summed E-state index contributed by atoms with van der Waals surface area (Å²) in [5.41, 5.74) is -1.16. The Balaban J connectivity index is 3.13. The molecule has 0 saturated heterocycles. The maximum absolute atomic E-state index is 12.7. The Bertz CT molecular complexity index is 793. The van der Waals surface area contributed by atoms with Gasteiger partial charge in [0.25, 0.3) is 5.91 Å². The van der Waals surface area contributed by atoms with Crippen LogP contribution in [-0.4, -0.2) is 56.3 Å². The number of hydrogen-bond acceptors (Lipinski definition) is 8. The molecule has 172 valence electrons. The lowest BCUT2D eigenvalue weighted by Gasteiger charge is -2.27. The number of aliphatic hydroxyl groups excluding tert-OH is 1. The van der Waals surface area contributed by atoms with Crippen LogP contribution in [0.15, 0.2) is 24.3 Å². The number of nitrogens with one attached hydrogen (secondary N) is 1. The molecule has 1 rings (SSSR count). The number of hydrogen-bond donors (Lipinski definition) is 2. The molecule has 31 heavy (non-hydrogen) atoms.